The minimum atomic E-state index is -0.195. The molecule has 0 unspecified atom stereocenters. The lowest BCUT2D eigenvalue weighted by Gasteiger charge is -2.39. The van der Waals surface area contributed by atoms with Crippen LogP contribution >= 0.6 is 0 Å². The minimum absolute atomic E-state index is 0.00704. The Bertz CT molecular complexity index is 514. The second-order valence-corrected chi connectivity index (χ2v) is 5.36. The standard InChI is InChI=1S/C14H21N3O2/c1-10-4-3-5-11(2)17(10)14(19)9-16-8-12(15)6-7-13(16)18/h6-8,10-11H,3-5,9,15H2,1-2H3/t10-,11+. The Kier molecular flexibility index (Phi) is 3.93. The van der Waals surface area contributed by atoms with E-state index in [-0.39, 0.29) is 30.1 Å². The Morgan fingerprint density at radius 3 is 2.58 bits per heavy atom. The van der Waals surface area contributed by atoms with E-state index in [9.17, 15) is 9.59 Å². The predicted molar refractivity (Wildman–Crippen MR) is 74.7 cm³/mol. The third-order valence-electron chi connectivity index (χ3n) is 3.79. The molecule has 0 aromatic carbocycles. The van der Waals surface area contributed by atoms with Crippen LogP contribution in [0.4, 0.5) is 5.69 Å². The van der Waals surface area contributed by atoms with Gasteiger partial charge in [0.15, 0.2) is 0 Å². The third kappa shape index (κ3) is 2.97. The molecule has 2 rings (SSSR count). The first kappa shape index (κ1) is 13.6. The van der Waals surface area contributed by atoms with Gasteiger partial charge in [-0.3, -0.25) is 9.59 Å². The fraction of sp³-hybridized carbons (Fsp3) is 0.571. The van der Waals surface area contributed by atoms with Crippen LogP contribution in [-0.2, 0) is 11.3 Å². The lowest BCUT2D eigenvalue weighted by molar-refractivity contribution is -0.138. The van der Waals surface area contributed by atoms with Crippen LogP contribution < -0.4 is 11.3 Å². The molecule has 2 N–H and O–H groups in total. The molecule has 0 spiro atoms. The van der Waals surface area contributed by atoms with Gasteiger partial charge in [-0.25, -0.2) is 0 Å². The molecule has 1 aromatic rings. The van der Waals surface area contributed by atoms with Crippen LogP contribution in [0.1, 0.15) is 33.1 Å². The summed E-state index contributed by atoms with van der Waals surface area (Å²) in [7, 11) is 0. The number of hydrogen-bond acceptors (Lipinski definition) is 3. The first-order valence-electron chi connectivity index (χ1n) is 6.76. The van der Waals surface area contributed by atoms with E-state index in [1.165, 1.54) is 16.8 Å². The predicted octanol–water partition coefficient (Wildman–Crippen LogP) is 1.22. The van der Waals surface area contributed by atoms with Crippen LogP contribution in [0.3, 0.4) is 0 Å². The Morgan fingerprint density at radius 2 is 1.95 bits per heavy atom. The van der Waals surface area contributed by atoms with Gasteiger partial charge in [0.1, 0.15) is 6.54 Å². The van der Waals surface area contributed by atoms with E-state index in [1.807, 2.05) is 4.90 Å². The lowest BCUT2D eigenvalue weighted by Crippen LogP contribution is -2.49. The van der Waals surface area contributed by atoms with Crippen LogP contribution in [-0.4, -0.2) is 27.5 Å². The number of pyridine rings is 1. The van der Waals surface area contributed by atoms with Gasteiger partial charge in [0, 0.05) is 30.0 Å². The fourth-order valence-electron chi connectivity index (χ4n) is 2.81. The summed E-state index contributed by atoms with van der Waals surface area (Å²) in [6.07, 6.45) is 4.74. The van der Waals surface area contributed by atoms with Crippen molar-refractivity contribution in [2.24, 2.45) is 0 Å². The average Bonchev–Trinajstić information content (AvgIpc) is 2.33. The monoisotopic (exact) mass is 263 g/mol. The van der Waals surface area contributed by atoms with Crippen LogP contribution in [0, 0.1) is 0 Å². The van der Waals surface area contributed by atoms with Crippen molar-refractivity contribution in [3.8, 4) is 0 Å². The first-order valence-corrected chi connectivity index (χ1v) is 6.76. The SMILES string of the molecule is C[C@@H]1CCC[C@H](C)N1C(=O)Cn1cc(N)ccc1=O. The number of nitrogen functional groups attached to an aromatic ring is 1. The summed E-state index contributed by atoms with van der Waals surface area (Å²) in [6.45, 7) is 4.20. The van der Waals surface area contributed by atoms with E-state index in [0.717, 1.165) is 19.3 Å². The number of anilines is 1. The number of amides is 1. The van der Waals surface area contributed by atoms with Gasteiger partial charge >= 0.3 is 0 Å². The van der Waals surface area contributed by atoms with Gasteiger partial charge in [0.05, 0.1) is 0 Å². The number of carbonyl (C=O) groups excluding carboxylic acids is 1. The number of rotatable bonds is 2. The van der Waals surface area contributed by atoms with E-state index < -0.39 is 0 Å². The van der Waals surface area contributed by atoms with Gasteiger partial charge in [-0.15, -0.1) is 0 Å². The van der Waals surface area contributed by atoms with Crippen molar-refractivity contribution in [3.63, 3.8) is 0 Å². The molecular weight excluding hydrogens is 242 g/mol. The number of hydrogen-bond donors (Lipinski definition) is 1. The Labute approximate surface area is 113 Å². The molecule has 0 aliphatic carbocycles. The number of carbonyl (C=O) groups is 1. The van der Waals surface area contributed by atoms with Gasteiger partial charge in [0.2, 0.25) is 5.91 Å². The van der Waals surface area contributed by atoms with Crippen molar-refractivity contribution in [1.29, 1.82) is 0 Å². The molecule has 1 amide bonds. The lowest BCUT2D eigenvalue weighted by atomic mass is 9.97. The number of nitrogens with zero attached hydrogens (tertiary/aromatic N) is 2. The topological polar surface area (TPSA) is 68.3 Å². The molecule has 1 fully saturated rings. The van der Waals surface area contributed by atoms with Crippen LogP contribution in [0.15, 0.2) is 23.1 Å². The quantitative estimate of drug-likeness (QED) is 0.872. The van der Waals surface area contributed by atoms with E-state index in [0.29, 0.717) is 5.69 Å². The zero-order valence-corrected chi connectivity index (χ0v) is 11.5. The van der Waals surface area contributed by atoms with Gasteiger partial charge in [-0.2, -0.15) is 0 Å². The Hall–Kier alpha value is -1.78. The molecule has 19 heavy (non-hydrogen) atoms. The minimum Gasteiger partial charge on any atom is -0.398 e. The molecular formula is C14H21N3O2. The fourth-order valence-corrected chi connectivity index (χ4v) is 2.81. The molecule has 0 saturated carbocycles. The highest BCUT2D eigenvalue weighted by atomic mass is 16.2. The van der Waals surface area contributed by atoms with Crippen molar-refractivity contribution in [2.75, 3.05) is 5.73 Å². The van der Waals surface area contributed by atoms with E-state index in [1.54, 1.807) is 6.07 Å². The Morgan fingerprint density at radius 1 is 1.32 bits per heavy atom. The summed E-state index contributed by atoms with van der Waals surface area (Å²) in [5, 5.41) is 0. The van der Waals surface area contributed by atoms with Crippen molar-refractivity contribution in [1.82, 2.24) is 9.47 Å². The highest BCUT2D eigenvalue weighted by Crippen LogP contribution is 2.22. The molecule has 1 saturated heterocycles. The first-order chi connectivity index (χ1) is 8.99. The highest BCUT2D eigenvalue weighted by molar-refractivity contribution is 5.76. The molecule has 5 heteroatoms. The van der Waals surface area contributed by atoms with Gasteiger partial charge in [0.25, 0.3) is 5.56 Å². The van der Waals surface area contributed by atoms with Crippen molar-refractivity contribution < 1.29 is 4.79 Å². The number of aromatic nitrogens is 1. The summed E-state index contributed by atoms with van der Waals surface area (Å²) in [6, 6.07) is 3.43. The Balaban J connectivity index is 2.16. The van der Waals surface area contributed by atoms with E-state index in [2.05, 4.69) is 13.8 Å². The molecule has 1 aliphatic heterocycles. The molecule has 0 radical (unpaired) electrons. The van der Waals surface area contributed by atoms with Crippen LogP contribution in [0.2, 0.25) is 0 Å². The highest BCUT2D eigenvalue weighted by Gasteiger charge is 2.28. The number of piperidine rings is 1. The second-order valence-electron chi connectivity index (χ2n) is 5.36. The smallest absolute Gasteiger partial charge is 0.251 e. The summed E-state index contributed by atoms with van der Waals surface area (Å²) in [4.78, 5) is 26.0. The van der Waals surface area contributed by atoms with Gasteiger partial charge < -0.3 is 15.2 Å². The number of likely N-dealkylation sites (tertiary alicyclic amines) is 1. The van der Waals surface area contributed by atoms with Gasteiger partial charge in [-0.1, -0.05) is 0 Å². The maximum Gasteiger partial charge on any atom is 0.251 e. The maximum atomic E-state index is 12.4. The molecule has 104 valence electrons. The summed E-state index contributed by atoms with van der Waals surface area (Å²) < 4.78 is 1.38. The maximum absolute atomic E-state index is 12.4. The van der Waals surface area contributed by atoms with E-state index >= 15 is 0 Å². The molecule has 1 aromatic heterocycles. The largest absolute Gasteiger partial charge is 0.398 e. The molecule has 5 nitrogen and oxygen atoms in total. The zero-order chi connectivity index (χ0) is 14.0. The van der Waals surface area contributed by atoms with Crippen molar-refractivity contribution in [3.05, 3.63) is 28.7 Å². The molecule has 1 aliphatic rings. The third-order valence-corrected chi connectivity index (χ3v) is 3.79. The van der Waals surface area contributed by atoms with Crippen LogP contribution in [0.25, 0.3) is 0 Å². The number of nitrogens with two attached hydrogens (primary N) is 1. The summed E-state index contributed by atoms with van der Waals surface area (Å²) >= 11 is 0. The normalized spacial score (nSPS) is 23.4. The average molecular weight is 263 g/mol. The van der Waals surface area contributed by atoms with Gasteiger partial charge in [-0.05, 0) is 39.2 Å². The summed E-state index contributed by atoms with van der Waals surface area (Å²) in [5.74, 6) is -0.00704. The molecule has 2 atom stereocenters. The summed E-state index contributed by atoms with van der Waals surface area (Å²) in [5.41, 5.74) is 5.95. The molecule has 0 bridgehead atoms. The van der Waals surface area contributed by atoms with Crippen molar-refractivity contribution in [2.45, 2.75) is 51.7 Å². The molecule has 2 heterocycles. The zero-order valence-electron chi connectivity index (χ0n) is 11.5. The second kappa shape index (κ2) is 5.47. The van der Waals surface area contributed by atoms with Crippen LogP contribution in [0.5, 0.6) is 0 Å². The van der Waals surface area contributed by atoms with Crippen molar-refractivity contribution >= 4 is 11.6 Å². The van der Waals surface area contributed by atoms with E-state index in [4.69, 9.17) is 5.73 Å².